The third-order valence-corrected chi connectivity index (χ3v) is 3.20. The van der Waals surface area contributed by atoms with E-state index in [1.165, 1.54) is 5.01 Å². The zero-order valence-corrected chi connectivity index (χ0v) is 10.9. The molecule has 98 valence electrons. The molecule has 0 aromatic carbocycles. The van der Waals surface area contributed by atoms with Crippen molar-refractivity contribution in [1.29, 1.82) is 0 Å². The molecule has 2 heterocycles. The summed E-state index contributed by atoms with van der Waals surface area (Å²) in [5.74, 6) is -0.178. The molecule has 2 rings (SSSR count). The predicted molar refractivity (Wildman–Crippen MR) is 67.5 cm³/mol. The Morgan fingerprint density at radius 3 is 2.61 bits per heavy atom. The highest BCUT2D eigenvalue weighted by Crippen LogP contribution is 2.27. The Bertz CT molecular complexity index is 422. The van der Waals surface area contributed by atoms with Crippen molar-refractivity contribution in [2.24, 2.45) is 0 Å². The SMILES string of the molecule is CC(C)N1[C@H](C)C[C@H](O)N1C(=O)c1ccncc1. The molecule has 0 saturated carbocycles. The molecule has 1 aliphatic rings. The summed E-state index contributed by atoms with van der Waals surface area (Å²) in [6, 6.07) is 3.65. The Hall–Kier alpha value is -1.46. The van der Waals surface area contributed by atoms with E-state index in [4.69, 9.17) is 0 Å². The number of carbonyl (C=O) groups is 1. The van der Waals surface area contributed by atoms with Gasteiger partial charge >= 0.3 is 0 Å². The topological polar surface area (TPSA) is 56.7 Å². The van der Waals surface area contributed by atoms with Crippen LogP contribution in [0.15, 0.2) is 24.5 Å². The highest BCUT2D eigenvalue weighted by atomic mass is 16.3. The monoisotopic (exact) mass is 249 g/mol. The fourth-order valence-electron chi connectivity index (χ4n) is 2.50. The van der Waals surface area contributed by atoms with Gasteiger partial charge in [-0.25, -0.2) is 10.0 Å². The Kier molecular flexibility index (Phi) is 3.63. The second-order valence-corrected chi connectivity index (χ2v) is 4.92. The van der Waals surface area contributed by atoms with Crippen LogP contribution in [0.1, 0.15) is 37.6 Å². The first kappa shape index (κ1) is 13.0. The largest absolute Gasteiger partial charge is 0.372 e. The molecule has 1 amide bonds. The molecule has 5 heteroatoms. The van der Waals surface area contributed by atoms with Gasteiger partial charge in [-0.05, 0) is 32.9 Å². The van der Waals surface area contributed by atoms with Gasteiger partial charge in [-0.1, -0.05) is 0 Å². The molecule has 0 radical (unpaired) electrons. The van der Waals surface area contributed by atoms with Gasteiger partial charge in [0.15, 0.2) is 0 Å². The minimum Gasteiger partial charge on any atom is -0.372 e. The van der Waals surface area contributed by atoms with Crippen molar-refractivity contribution in [2.75, 3.05) is 0 Å². The summed E-state index contributed by atoms with van der Waals surface area (Å²) in [7, 11) is 0. The van der Waals surface area contributed by atoms with Crippen molar-refractivity contribution in [1.82, 2.24) is 15.0 Å². The number of aliphatic hydroxyl groups is 1. The van der Waals surface area contributed by atoms with Crippen LogP contribution in [0.25, 0.3) is 0 Å². The van der Waals surface area contributed by atoms with Crippen LogP contribution in [0.4, 0.5) is 0 Å². The minimum absolute atomic E-state index is 0.158. The van der Waals surface area contributed by atoms with Crippen molar-refractivity contribution >= 4 is 5.91 Å². The van der Waals surface area contributed by atoms with Crippen LogP contribution in [0.2, 0.25) is 0 Å². The van der Waals surface area contributed by atoms with Gasteiger partial charge in [0.05, 0.1) is 0 Å². The van der Waals surface area contributed by atoms with Gasteiger partial charge in [0, 0.05) is 36.5 Å². The van der Waals surface area contributed by atoms with Gasteiger partial charge in [-0.3, -0.25) is 9.78 Å². The molecule has 5 nitrogen and oxygen atoms in total. The Balaban J connectivity index is 2.28. The van der Waals surface area contributed by atoms with Gasteiger partial charge in [0.1, 0.15) is 6.23 Å². The summed E-state index contributed by atoms with van der Waals surface area (Å²) in [4.78, 5) is 16.3. The fourth-order valence-corrected chi connectivity index (χ4v) is 2.50. The van der Waals surface area contributed by atoms with Gasteiger partial charge < -0.3 is 5.11 Å². The van der Waals surface area contributed by atoms with E-state index in [0.29, 0.717) is 12.0 Å². The van der Waals surface area contributed by atoms with Crippen LogP contribution >= 0.6 is 0 Å². The van der Waals surface area contributed by atoms with Crippen molar-refractivity contribution in [2.45, 2.75) is 45.5 Å². The van der Waals surface area contributed by atoms with Crippen molar-refractivity contribution in [3.63, 3.8) is 0 Å². The Labute approximate surface area is 107 Å². The van der Waals surface area contributed by atoms with Gasteiger partial charge in [0.2, 0.25) is 0 Å². The predicted octanol–water partition coefficient (Wildman–Crippen LogP) is 1.26. The first-order valence-electron chi connectivity index (χ1n) is 6.22. The van der Waals surface area contributed by atoms with E-state index in [2.05, 4.69) is 4.98 Å². The van der Waals surface area contributed by atoms with Crippen LogP contribution < -0.4 is 0 Å². The minimum atomic E-state index is -0.747. The van der Waals surface area contributed by atoms with Crippen LogP contribution in [0.5, 0.6) is 0 Å². The average Bonchev–Trinajstić information content (AvgIpc) is 2.64. The molecule has 2 atom stereocenters. The maximum Gasteiger partial charge on any atom is 0.270 e. The zero-order chi connectivity index (χ0) is 13.3. The maximum atomic E-state index is 12.4. The van der Waals surface area contributed by atoms with E-state index in [0.717, 1.165) is 0 Å². The normalized spacial score (nSPS) is 24.8. The number of carbonyl (C=O) groups excluding carboxylic acids is 1. The van der Waals surface area contributed by atoms with Crippen molar-refractivity contribution in [3.05, 3.63) is 30.1 Å². The second-order valence-electron chi connectivity index (χ2n) is 4.92. The van der Waals surface area contributed by atoms with Crippen LogP contribution in [0.3, 0.4) is 0 Å². The van der Waals surface area contributed by atoms with Crippen LogP contribution in [0, 0.1) is 0 Å². The second kappa shape index (κ2) is 5.04. The van der Waals surface area contributed by atoms with Crippen LogP contribution in [-0.4, -0.2) is 44.3 Å². The Morgan fingerprint density at radius 1 is 1.44 bits per heavy atom. The highest BCUT2D eigenvalue weighted by molar-refractivity contribution is 5.94. The highest BCUT2D eigenvalue weighted by Gasteiger charge is 2.40. The van der Waals surface area contributed by atoms with Crippen molar-refractivity contribution < 1.29 is 9.90 Å². The number of amides is 1. The Morgan fingerprint density at radius 2 is 2.06 bits per heavy atom. The smallest absolute Gasteiger partial charge is 0.270 e. The molecule has 0 spiro atoms. The number of pyridine rings is 1. The lowest BCUT2D eigenvalue weighted by Gasteiger charge is -2.35. The number of hydrogen-bond acceptors (Lipinski definition) is 4. The molecule has 1 saturated heterocycles. The summed E-state index contributed by atoms with van der Waals surface area (Å²) in [5, 5.41) is 13.5. The van der Waals surface area contributed by atoms with Gasteiger partial charge in [-0.15, -0.1) is 0 Å². The summed E-state index contributed by atoms with van der Waals surface area (Å²) in [5.41, 5.74) is 0.545. The lowest BCUT2D eigenvalue weighted by molar-refractivity contribution is -0.0780. The first-order chi connectivity index (χ1) is 8.52. The molecular weight excluding hydrogens is 230 g/mol. The molecule has 0 aliphatic carbocycles. The molecule has 0 bridgehead atoms. The first-order valence-corrected chi connectivity index (χ1v) is 6.22. The summed E-state index contributed by atoms with van der Waals surface area (Å²) < 4.78 is 0. The molecule has 1 fully saturated rings. The summed E-state index contributed by atoms with van der Waals surface area (Å²) >= 11 is 0. The maximum absolute atomic E-state index is 12.4. The number of aromatic nitrogens is 1. The zero-order valence-electron chi connectivity index (χ0n) is 10.9. The third-order valence-electron chi connectivity index (χ3n) is 3.20. The molecule has 1 aromatic rings. The molecule has 18 heavy (non-hydrogen) atoms. The van der Waals surface area contributed by atoms with E-state index in [9.17, 15) is 9.90 Å². The van der Waals surface area contributed by atoms with Gasteiger partial charge in [-0.2, -0.15) is 0 Å². The van der Waals surface area contributed by atoms with Crippen molar-refractivity contribution in [3.8, 4) is 0 Å². The van der Waals surface area contributed by atoms with Gasteiger partial charge in [0.25, 0.3) is 5.91 Å². The number of rotatable bonds is 2. The third kappa shape index (κ3) is 2.23. The van der Waals surface area contributed by atoms with E-state index in [1.807, 2.05) is 25.8 Å². The standard InChI is InChI=1S/C13H19N3O2/c1-9(2)15-10(3)8-12(17)16(15)13(18)11-4-6-14-7-5-11/h4-7,9-10,12,17H,8H2,1-3H3/t10-,12+/m1/s1. The molecule has 1 N–H and O–H groups in total. The van der Waals surface area contributed by atoms with E-state index in [1.54, 1.807) is 24.5 Å². The van der Waals surface area contributed by atoms with Crippen LogP contribution in [-0.2, 0) is 0 Å². The van der Waals surface area contributed by atoms with E-state index < -0.39 is 6.23 Å². The molecular formula is C13H19N3O2. The molecule has 1 aromatic heterocycles. The number of aliphatic hydroxyl groups excluding tert-OH is 1. The van der Waals surface area contributed by atoms with E-state index >= 15 is 0 Å². The molecule has 1 aliphatic heterocycles. The lowest BCUT2D eigenvalue weighted by Crippen LogP contribution is -2.50. The fraction of sp³-hybridized carbons (Fsp3) is 0.538. The van der Waals surface area contributed by atoms with E-state index in [-0.39, 0.29) is 18.0 Å². The summed E-state index contributed by atoms with van der Waals surface area (Å²) in [6.45, 7) is 6.05. The number of hydrogen-bond donors (Lipinski definition) is 1. The molecule has 0 unspecified atom stereocenters. The number of nitrogens with zero attached hydrogens (tertiary/aromatic N) is 3. The lowest BCUT2D eigenvalue weighted by atomic mass is 10.2. The number of hydrazine groups is 1. The quantitative estimate of drug-likeness (QED) is 0.857. The average molecular weight is 249 g/mol. The summed E-state index contributed by atoms with van der Waals surface area (Å²) in [6.07, 6.45) is 3.00.